The summed E-state index contributed by atoms with van der Waals surface area (Å²) in [7, 11) is -3.90. The molecule has 31 heavy (non-hydrogen) atoms. The average molecular weight is 451 g/mol. The molecule has 8 heteroatoms. The summed E-state index contributed by atoms with van der Waals surface area (Å²) < 4.78 is 29.8. The molecule has 1 amide bonds. The molecule has 1 heterocycles. The minimum absolute atomic E-state index is 0.0839. The van der Waals surface area contributed by atoms with E-state index in [1.54, 1.807) is 48.5 Å². The molecule has 1 aliphatic rings. The smallest absolute Gasteiger partial charge is 0.339 e. The minimum Gasteiger partial charge on any atom is -0.379 e. The number of benzene rings is 3. The molecule has 3 aromatic rings. The predicted octanol–water partition coefficient (Wildman–Crippen LogP) is 4.65. The Bertz CT molecular complexity index is 1270. The van der Waals surface area contributed by atoms with E-state index < -0.39 is 10.1 Å². The Kier molecular flexibility index (Phi) is 5.92. The van der Waals surface area contributed by atoms with Gasteiger partial charge in [0.15, 0.2) is 5.17 Å². The molecule has 1 N–H and O–H groups in total. The van der Waals surface area contributed by atoms with Crippen LogP contribution in [0.2, 0.25) is 0 Å². The number of nitrogens with zero attached hydrogens (tertiary/aromatic N) is 1. The van der Waals surface area contributed by atoms with E-state index in [-0.39, 0.29) is 16.6 Å². The summed E-state index contributed by atoms with van der Waals surface area (Å²) in [5, 5.41) is 3.26. The van der Waals surface area contributed by atoms with Crippen molar-refractivity contribution < 1.29 is 17.4 Å². The van der Waals surface area contributed by atoms with Crippen LogP contribution in [-0.2, 0) is 14.9 Å². The lowest BCUT2D eigenvalue weighted by atomic mass is 10.2. The van der Waals surface area contributed by atoms with Crippen LogP contribution in [0, 0.1) is 6.92 Å². The molecule has 4 rings (SSSR count). The molecule has 0 unspecified atom stereocenters. The van der Waals surface area contributed by atoms with Gasteiger partial charge in [-0.2, -0.15) is 8.42 Å². The van der Waals surface area contributed by atoms with Crippen molar-refractivity contribution in [3.8, 4) is 5.75 Å². The quantitative estimate of drug-likeness (QED) is 0.452. The van der Waals surface area contributed by atoms with Gasteiger partial charge in [0.25, 0.3) is 5.91 Å². The van der Waals surface area contributed by atoms with Crippen LogP contribution in [0.4, 0.5) is 5.69 Å². The lowest BCUT2D eigenvalue weighted by Gasteiger charge is -2.07. The van der Waals surface area contributed by atoms with Gasteiger partial charge in [-0.25, -0.2) is 4.99 Å². The summed E-state index contributed by atoms with van der Waals surface area (Å²) in [6, 6.07) is 22.1. The second kappa shape index (κ2) is 8.79. The molecule has 1 aliphatic heterocycles. The zero-order chi connectivity index (χ0) is 21.8. The van der Waals surface area contributed by atoms with E-state index in [1.807, 2.05) is 31.2 Å². The highest BCUT2D eigenvalue weighted by atomic mass is 32.2. The maximum Gasteiger partial charge on any atom is 0.339 e. The molecule has 6 nitrogen and oxygen atoms in total. The van der Waals surface area contributed by atoms with Crippen molar-refractivity contribution in [3.05, 3.63) is 94.9 Å². The van der Waals surface area contributed by atoms with Crippen LogP contribution in [0.3, 0.4) is 0 Å². The number of aryl methyl sites for hydroxylation is 1. The van der Waals surface area contributed by atoms with Crippen LogP contribution in [-0.4, -0.2) is 19.5 Å². The third-order valence-electron chi connectivity index (χ3n) is 4.33. The van der Waals surface area contributed by atoms with Gasteiger partial charge in [-0.1, -0.05) is 48.0 Å². The number of nitrogens with one attached hydrogen (secondary N) is 1. The highest BCUT2D eigenvalue weighted by molar-refractivity contribution is 8.18. The largest absolute Gasteiger partial charge is 0.379 e. The number of hydrogen-bond acceptors (Lipinski definition) is 6. The topological polar surface area (TPSA) is 84.8 Å². The number of rotatable bonds is 5. The molecule has 0 saturated carbocycles. The first-order valence-electron chi connectivity index (χ1n) is 9.35. The fraction of sp³-hybridized carbons (Fsp3) is 0.0435. The molecule has 1 saturated heterocycles. The second-order valence-electron chi connectivity index (χ2n) is 6.74. The van der Waals surface area contributed by atoms with Crippen molar-refractivity contribution in [2.24, 2.45) is 4.99 Å². The van der Waals surface area contributed by atoms with E-state index in [9.17, 15) is 13.2 Å². The first-order chi connectivity index (χ1) is 14.9. The third-order valence-corrected chi connectivity index (χ3v) is 6.50. The Labute approximate surface area is 184 Å². The Morgan fingerprint density at radius 1 is 0.935 bits per heavy atom. The monoisotopic (exact) mass is 450 g/mol. The standard InChI is InChI=1S/C23H18N2O4S2/c1-16-7-11-18(12-8-16)24-23-25-22(26)21(30-23)15-17-9-13-19(14-10-17)29-31(27,28)20-5-3-2-4-6-20/h2-15H,1H3,(H,24,25,26)/b21-15-. The minimum atomic E-state index is -3.90. The van der Waals surface area contributed by atoms with Crippen molar-refractivity contribution >= 4 is 44.7 Å². The fourth-order valence-electron chi connectivity index (χ4n) is 2.75. The summed E-state index contributed by atoms with van der Waals surface area (Å²) in [4.78, 5) is 17.3. The van der Waals surface area contributed by atoms with Crippen LogP contribution in [0.25, 0.3) is 6.08 Å². The van der Waals surface area contributed by atoms with Gasteiger partial charge in [-0.3, -0.25) is 4.79 Å². The molecule has 0 aliphatic carbocycles. The first-order valence-corrected chi connectivity index (χ1v) is 11.6. The fourth-order valence-corrected chi connectivity index (χ4v) is 4.54. The zero-order valence-corrected chi connectivity index (χ0v) is 18.1. The molecular formula is C23H18N2O4S2. The van der Waals surface area contributed by atoms with E-state index >= 15 is 0 Å². The summed E-state index contributed by atoms with van der Waals surface area (Å²) in [6.45, 7) is 2.00. The van der Waals surface area contributed by atoms with Crippen LogP contribution in [0.1, 0.15) is 11.1 Å². The Morgan fingerprint density at radius 3 is 2.29 bits per heavy atom. The van der Waals surface area contributed by atoms with Gasteiger partial charge in [-0.05, 0) is 66.7 Å². The molecule has 0 bridgehead atoms. The third kappa shape index (κ3) is 5.22. The van der Waals surface area contributed by atoms with E-state index in [1.165, 1.54) is 23.9 Å². The van der Waals surface area contributed by atoms with Gasteiger partial charge < -0.3 is 9.50 Å². The van der Waals surface area contributed by atoms with Crippen molar-refractivity contribution in [1.82, 2.24) is 5.32 Å². The van der Waals surface area contributed by atoms with E-state index in [0.717, 1.165) is 16.8 Å². The molecule has 0 aromatic heterocycles. The van der Waals surface area contributed by atoms with Crippen LogP contribution in [0.5, 0.6) is 5.75 Å². The summed E-state index contributed by atoms with van der Waals surface area (Å²) in [6.07, 6.45) is 1.72. The van der Waals surface area contributed by atoms with Crippen molar-refractivity contribution in [2.45, 2.75) is 11.8 Å². The predicted molar refractivity (Wildman–Crippen MR) is 123 cm³/mol. The number of amidine groups is 1. The highest BCUT2D eigenvalue weighted by Gasteiger charge is 2.24. The zero-order valence-electron chi connectivity index (χ0n) is 16.5. The van der Waals surface area contributed by atoms with Gasteiger partial charge >= 0.3 is 10.1 Å². The number of carbonyl (C=O) groups is 1. The summed E-state index contributed by atoms with van der Waals surface area (Å²) in [5.41, 5.74) is 2.63. The Hall–Kier alpha value is -3.36. The first kappa shape index (κ1) is 20.9. The molecule has 0 spiro atoms. The van der Waals surface area contributed by atoms with Crippen LogP contribution < -0.4 is 9.50 Å². The van der Waals surface area contributed by atoms with Gasteiger partial charge in [0.2, 0.25) is 0 Å². The van der Waals surface area contributed by atoms with Gasteiger partial charge in [0, 0.05) is 0 Å². The maximum atomic E-state index is 12.3. The van der Waals surface area contributed by atoms with Crippen LogP contribution >= 0.6 is 11.8 Å². The van der Waals surface area contributed by atoms with Crippen molar-refractivity contribution in [3.63, 3.8) is 0 Å². The summed E-state index contributed by atoms with van der Waals surface area (Å²) in [5.74, 6) is -0.0426. The molecule has 3 aromatic carbocycles. The number of carbonyl (C=O) groups excluding carboxylic acids is 1. The number of aliphatic imine (C=N–C) groups is 1. The summed E-state index contributed by atoms with van der Waals surface area (Å²) >= 11 is 1.25. The molecule has 156 valence electrons. The van der Waals surface area contributed by atoms with Gasteiger partial charge in [0.05, 0.1) is 10.6 Å². The van der Waals surface area contributed by atoms with E-state index in [4.69, 9.17) is 4.18 Å². The Morgan fingerprint density at radius 2 is 1.61 bits per heavy atom. The second-order valence-corrected chi connectivity index (χ2v) is 9.31. The van der Waals surface area contributed by atoms with E-state index in [0.29, 0.717) is 10.1 Å². The maximum absolute atomic E-state index is 12.3. The molecule has 0 radical (unpaired) electrons. The van der Waals surface area contributed by atoms with Gasteiger partial charge in [-0.15, -0.1) is 0 Å². The van der Waals surface area contributed by atoms with Crippen molar-refractivity contribution in [1.29, 1.82) is 0 Å². The van der Waals surface area contributed by atoms with Gasteiger partial charge in [0.1, 0.15) is 10.6 Å². The van der Waals surface area contributed by atoms with Crippen LogP contribution in [0.15, 0.2) is 93.7 Å². The lowest BCUT2D eigenvalue weighted by molar-refractivity contribution is -0.115. The number of amides is 1. The average Bonchev–Trinajstić information content (AvgIpc) is 3.10. The SMILES string of the molecule is Cc1ccc(N=C2NC(=O)/C(=C/c3ccc(OS(=O)(=O)c4ccccc4)cc3)S2)cc1. The van der Waals surface area contributed by atoms with Crippen molar-refractivity contribution in [2.75, 3.05) is 0 Å². The highest BCUT2D eigenvalue weighted by Crippen LogP contribution is 2.29. The molecule has 1 fully saturated rings. The lowest BCUT2D eigenvalue weighted by Crippen LogP contribution is -2.19. The molecule has 0 atom stereocenters. The normalized spacial score (nSPS) is 16.5. The number of thioether (sulfide) groups is 1. The Balaban J connectivity index is 1.47. The van der Waals surface area contributed by atoms with E-state index in [2.05, 4.69) is 10.3 Å². The molecular weight excluding hydrogens is 432 g/mol. The number of hydrogen-bond donors (Lipinski definition) is 1.